The molecule has 146 valence electrons. The third-order valence-corrected chi connectivity index (χ3v) is 5.40. The molecule has 0 atom stereocenters. The molecule has 0 bridgehead atoms. The Morgan fingerprint density at radius 1 is 1.11 bits per heavy atom. The first-order valence-corrected chi connectivity index (χ1v) is 10.1. The van der Waals surface area contributed by atoms with Gasteiger partial charge in [-0.15, -0.1) is 10.2 Å². The first-order valence-electron chi connectivity index (χ1n) is 9.13. The minimum atomic E-state index is -0.151. The molecule has 2 aromatic carbocycles. The van der Waals surface area contributed by atoms with Gasteiger partial charge in [-0.25, -0.2) is 0 Å². The fourth-order valence-corrected chi connectivity index (χ4v) is 3.69. The molecule has 28 heavy (non-hydrogen) atoms. The first kappa shape index (κ1) is 19.9. The third-order valence-electron chi connectivity index (χ3n) is 4.36. The Balaban J connectivity index is 1.61. The number of carbonyl (C=O) groups excluding carboxylic acids is 1. The molecule has 0 spiro atoms. The summed E-state index contributed by atoms with van der Waals surface area (Å²) in [6.45, 7) is 5.21. The summed E-state index contributed by atoms with van der Waals surface area (Å²) in [7, 11) is 1.60. The van der Waals surface area contributed by atoms with Crippen LogP contribution in [-0.2, 0) is 18.8 Å². The van der Waals surface area contributed by atoms with Crippen LogP contribution in [0, 0.1) is 6.92 Å². The van der Waals surface area contributed by atoms with Gasteiger partial charge in [0.05, 0.1) is 13.7 Å². The van der Waals surface area contributed by atoms with E-state index in [1.54, 1.807) is 43.1 Å². The van der Waals surface area contributed by atoms with Crippen molar-refractivity contribution in [3.8, 4) is 5.75 Å². The molecule has 7 heteroatoms. The van der Waals surface area contributed by atoms with E-state index in [9.17, 15) is 4.79 Å². The first-order chi connectivity index (χ1) is 13.6. The number of thioether (sulfide) groups is 1. The van der Waals surface area contributed by atoms with Crippen LogP contribution < -0.4 is 10.1 Å². The van der Waals surface area contributed by atoms with E-state index in [0.29, 0.717) is 12.1 Å². The Bertz CT molecular complexity index is 921. The molecule has 0 aliphatic rings. The summed E-state index contributed by atoms with van der Waals surface area (Å²) in [5, 5.41) is 12.3. The standard InChI is InChI=1S/C21H24N4O2S/c1-4-25-19(13-22-20(26)17-9-11-18(27-3)12-10-17)23-24-21(25)28-14-16-7-5-15(2)6-8-16/h5-12H,4,13-14H2,1-3H3,(H,22,26). The maximum Gasteiger partial charge on any atom is 0.251 e. The molecule has 1 amide bonds. The van der Waals surface area contributed by atoms with E-state index in [-0.39, 0.29) is 5.91 Å². The minimum Gasteiger partial charge on any atom is -0.497 e. The van der Waals surface area contributed by atoms with Crippen molar-refractivity contribution in [2.75, 3.05) is 7.11 Å². The molecular formula is C21H24N4O2S. The van der Waals surface area contributed by atoms with Crippen LogP contribution in [0.15, 0.2) is 53.7 Å². The van der Waals surface area contributed by atoms with Crippen molar-refractivity contribution in [1.82, 2.24) is 20.1 Å². The van der Waals surface area contributed by atoms with E-state index in [2.05, 4.69) is 46.7 Å². The quantitative estimate of drug-likeness (QED) is 0.586. The number of aromatic nitrogens is 3. The summed E-state index contributed by atoms with van der Waals surface area (Å²) in [5.74, 6) is 2.15. The number of nitrogens with zero attached hydrogens (tertiary/aromatic N) is 3. The molecule has 0 unspecified atom stereocenters. The SMILES string of the molecule is CCn1c(CNC(=O)c2ccc(OC)cc2)nnc1SCc1ccc(C)cc1. The van der Waals surface area contributed by atoms with Gasteiger partial charge in [-0.3, -0.25) is 4.79 Å². The average molecular weight is 397 g/mol. The Morgan fingerprint density at radius 2 is 1.82 bits per heavy atom. The summed E-state index contributed by atoms with van der Waals surface area (Å²) in [6, 6.07) is 15.5. The van der Waals surface area contributed by atoms with Gasteiger partial charge < -0.3 is 14.6 Å². The number of carbonyl (C=O) groups is 1. The van der Waals surface area contributed by atoms with E-state index in [1.807, 2.05) is 11.5 Å². The summed E-state index contributed by atoms with van der Waals surface area (Å²) in [5.41, 5.74) is 3.08. The predicted octanol–water partition coefficient (Wildman–Crippen LogP) is 3.84. The van der Waals surface area contributed by atoms with Gasteiger partial charge in [0, 0.05) is 17.9 Å². The second-order valence-electron chi connectivity index (χ2n) is 6.33. The molecule has 1 aromatic heterocycles. The Morgan fingerprint density at radius 3 is 2.46 bits per heavy atom. The van der Waals surface area contributed by atoms with Crippen LogP contribution in [0.1, 0.15) is 34.2 Å². The normalized spacial score (nSPS) is 10.7. The number of hydrogen-bond donors (Lipinski definition) is 1. The van der Waals surface area contributed by atoms with Crippen LogP contribution in [-0.4, -0.2) is 27.8 Å². The molecule has 0 aliphatic heterocycles. The molecule has 0 fully saturated rings. The van der Waals surface area contributed by atoms with Crippen LogP contribution in [0.4, 0.5) is 0 Å². The lowest BCUT2D eigenvalue weighted by molar-refractivity contribution is 0.0949. The minimum absolute atomic E-state index is 0.151. The highest BCUT2D eigenvalue weighted by atomic mass is 32.2. The summed E-state index contributed by atoms with van der Waals surface area (Å²) in [6.07, 6.45) is 0. The fraction of sp³-hybridized carbons (Fsp3) is 0.286. The van der Waals surface area contributed by atoms with Gasteiger partial charge in [-0.2, -0.15) is 0 Å². The summed E-state index contributed by atoms with van der Waals surface area (Å²) in [4.78, 5) is 12.3. The third kappa shape index (κ3) is 4.92. The van der Waals surface area contributed by atoms with Crippen LogP contribution >= 0.6 is 11.8 Å². The van der Waals surface area contributed by atoms with Gasteiger partial charge in [0.25, 0.3) is 5.91 Å². The second kappa shape index (κ2) is 9.41. The monoisotopic (exact) mass is 396 g/mol. The topological polar surface area (TPSA) is 69.0 Å². The number of aryl methyl sites for hydroxylation is 1. The largest absolute Gasteiger partial charge is 0.497 e. The summed E-state index contributed by atoms with van der Waals surface area (Å²) < 4.78 is 7.15. The smallest absolute Gasteiger partial charge is 0.251 e. The molecule has 1 heterocycles. The van der Waals surface area contributed by atoms with Crippen molar-refractivity contribution in [1.29, 1.82) is 0 Å². The lowest BCUT2D eigenvalue weighted by Gasteiger charge is -2.09. The Labute approximate surface area is 169 Å². The van der Waals surface area contributed by atoms with Crippen molar-refractivity contribution in [3.63, 3.8) is 0 Å². The van der Waals surface area contributed by atoms with Crippen LogP contribution in [0.2, 0.25) is 0 Å². The molecule has 0 aliphatic carbocycles. The molecule has 0 saturated heterocycles. The lowest BCUT2D eigenvalue weighted by Crippen LogP contribution is -2.24. The molecule has 0 saturated carbocycles. The highest BCUT2D eigenvalue weighted by Gasteiger charge is 2.13. The zero-order valence-corrected chi connectivity index (χ0v) is 17.1. The molecule has 3 rings (SSSR count). The van der Waals surface area contributed by atoms with Gasteiger partial charge in [-0.1, -0.05) is 41.6 Å². The summed E-state index contributed by atoms with van der Waals surface area (Å²) >= 11 is 1.65. The molecule has 1 N–H and O–H groups in total. The highest BCUT2D eigenvalue weighted by Crippen LogP contribution is 2.22. The number of amides is 1. The second-order valence-corrected chi connectivity index (χ2v) is 7.27. The highest BCUT2D eigenvalue weighted by molar-refractivity contribution is 7.98. The van der Waals surface area contributed by atoms with Crippen molar-refractivity contribution in [3.05, 3.63) is 71.0 Å². The van der Waals surface area contributed by atoms with Crippen LogP contribution in [0.3, 0.4) is 0 Å². The lowest BCUT2D eigenvalue weighted by atomic mass is 10.2. The van der Waals surface area contributed by atoms with Gasteiger partial charge in [0.2, 0.25) is 0 Å². The van der Waals surface area contributed by atoms with Gasteiger partial charge >= 0.3 is 0 Å². The number of benzene rings is 2. The van der Waals surface area contributed by atoms with Crippen molar-refractivity contribution < 1.29 is 9.53 Å². The maximum atomic E-state index is 12.3. The molecule has 6 nitrogen and oxygen atoms in total. The fourth-order valence-electron chi connectivity index (χ4n) is 2.71. The molecule has 0 radical (unpaired) electrons. The molecular weight excluding hydrogens is 372 g/mol. The maximum absolute atomic E-state index is 12.3. The van der Waals surface area contributed by atoms with E-state index >= 15 is 0 Å². The number of nitrogens with one attached hydrogen (secondary N) is 1. The Hall–Kier alpha value is -2.80. The van der Waals surface area contributed by atoms with Crippen LogP contribution in [0.5, 0.6) is 5.75 Å². The number of ether oxygens (including phenoxy) is 1. The van der Waals surface area contributed by atoms with Crippen molar-refractivity contribution in [2.45, 2.75) is 37.8 Å². The number of rotatable bonds is 8. The van der Waals surface area contributed by atoms with E-state index in [0.717, 1.165) is 29.0 Å². The van der Waals surface area contributed by atoms with E-state index in [4.69, 9.17) is 4.74 Å². The Kier molecular flexibility index (Phi) is 6.71. The average Bonchev–Trinajstić information content (AvgIpc) is 3.13. The van der Waals surface area contributed by atoms with E-state index < -0.39 is 0 Å². The van der Waals surface area contributed by atoms with Crippen molar-refractivity contribution >= 4 is 17.7 Å². The van der Waals surface area contributed by atoms with Gasteiger partial charge in [0.15, 0.2) is 11.0 Å². The zero-order valence-electron chi connectivity index (χ0n) is 16.3. The van der Waals surface area contributed by atoms with Crippen molar-refractivity contribution in [2.24, 2.45) is 0 Å². The zero-order chi connectivity index (χ0) is 19.9. The molecule has 3 aromatic rings. The van der Waals surface area contributed by atoms with E-state index in [1.165, 1.54) is 11.1 Å². The number of hydrogen-bond acceptors (Lipinski definition) is 5. The predicted molar refractivity (Wildman–Crippen MR) is 111 cm³/mol. The van der Waals surface area contributed by atoms with Crippen LogP contribution in [0.25, 0.3) is 0 Å². The van der Waals surface area contributed by atoms with Gasteiger partial charge in [0.1, 0.15) is 5.75 Å². The van der Waals surface area contributed by atoms with Gasteiger partial charge in [-0.05, 0) is 43.7 Å². The number of methoxy groups -OCH3 is 1.